The van der Waals surface area contributed by atoms with Crippen molar-refractivity contribution in [3.63, 3.8) is 0 Å². The Kier molecular flexibility index (Phi) is 2.75. The van der Waals surface area contributed by atoms with E-state index in [9.17, 15) is 0 Å². The zero-order chi connectivity index (χ0) is 16.4. The minimum Gasteiger partial charge on any atom is -0.189 e. The molecule has 0 aromatic heterocycles. The Labute approximate surface area is 148 Å². The summed E-state index contributed by atoms with van der Waals surface area (Å²) in [5.41, 5.74) is 2.33. The first-order chi connectivity index (χ1) is 12.4. The summed E-state index contributed by atoms with van der Waals surface area (Å²) in [5, 5.41) is 10.00. The van der Waals surface area contributed by atoms with Gasteiger partial charge in [0.1, 0.15) is 5.54 Å². The summed E-state index contributed by atoms with van der Waals surface area (Å²) in [7, 11) is 0. The molecule has 1 heterocycles. The Balaban J connectivity index is 1.55. The molecule has 25 heavy (non-hydrogen) atoms. The average molecular weight is 326 g/mol. The van der Waals surface area contributed by atoms with Gasteiger partial charge in [0.15, 0.2) is 0 Å². The molecule has 0 radical (unpaired) electrons. The van der Waals surface area contributed by atoms with Gasteiger partial charge in [-0.05, 0) is 47.6 Å². The highest BCUT2D eigenvalue weighted by Gasteiger charge is 2.67. The van der Waals surface area contributed by atoms with Crippen LogP contribution >= 0.6 is 0 Å². The van der Waals surface area contributed by atoms with Crippen molar-refractivity contribution < 1.29 is 0 Å². The van der Waals surface area contributed by atoms with Crippen LogP contribution in [0.3, 0.4) is 0 Å². The van der Waals surface area contributed by atoms with Gasteiger partial charge in [-0.3, -0.25) is 0 Å². The van der Waals surface area contributed by atoms with E-state index in [-0.39, 0.29) is 5.54 Å². The number of hydrogen-bond donors (Lipinski definition) is 0. The maximum Gasteiger partial charge on any atom is 0.137 e. The van der Waals surface area contributed by atoms with Gasteiger partial charge < -0.3 is 0 Å². The van der Waals surface area contributed by atoms with E-state index in [1.165, 1.54) is 24.0 Å². The molecule has 2 fully saturated rings. The fourth-order valence-electron chi connectivity index (χ4n) is 6.55. The van der Waals surface area contributed by atoms with E-state index in [0.717, 1.165) is 17.8 Å². The molecule has 0 amide bonds. The molecule has 2 nitrogen and oxygen atoms in total. The molecule has 6 rings (SSSR count). The van der Waals surface area contributed by atoms with Crippen LogP contribution in [0.1, 0.15) is 24.0 Å². The third-order valence-corrected chi connectivity index (χ3v) is 7.38. The third-order valence-electron chi connectivity index (χ3n) is 7.38. The van der Waals surface area contributed by atoms with Crippen LogP contribution in [0.25, 0.3) is 0 Å². The zero-order valence-electron chi connectivity index (χ0n) is 14.2. The Bertz CT molecular complexity index is 815. The van der Waals surface area contributed by atoms with Gasteiger partial charge in [-0.2, -0.15) is 10.2 Å². The van der Waals surface area contributed by atoms with Gasteiger partial charge in [-0.25, -0.2) is 0 Å². The molecular weight excluding hydrogens is 304 g/mol. The fraction of sp³-hybridized carbons (Fsp3) is 0.391. The lowest BCUT2D eigenvalue weighted by atomic mass is 9.62. The number of azo groups is 1. The molecule has 2 aromatic carbocycles. The molecule has 2 aromatic rings. The van der Waals surface area contributed by atoms with Crippen LogP contribution in [0.15, 0.2) is 83.0 Å². The Morgan fingerprint density at radius 1 is 0.800 bits per heavy atom. The highest BCUT2D eigenvalue weighted by atomic mass is 15.2. The molecule has 6 atom stereocenters. The molecule has 2 bridgehead atoms. The molecule has 2 saturated carbocycles. The number of nitrogens with zero attached hydrogens (tertiary/aromatic N) is 2. The van der Waals surface area contributed by atoms with Crippen molar-refractivity contribution in [1.82, 2.24) is 0 Å². The van der Waals surface area contributed by atoms with E-state index >= 15 is 0 Å². The summed E-state index contributed by atoms with van der Waals surface area (Å²) < 4.78 is 0. The SMILES string of the molecule is C1=CC2C(C1)C1CC2C2N=NC(c3ccccc3)(c3ccccc3)C12. The van der Waals surface area contributed by atoms with Gasteiger partial charge in [0.25, 0.3) is 0 Å². The van der Waals surface area contributed by atoms with Crippen molar-refractivity contribution >= 4 is 0 Å². The Morgan fingerprint density at radius 2 is 1.48 bits per heavy atom. The summed E-state index contributed by atoms with van der Waals surface area (Å²) in [6.07, 6.45) is 7.50. The highest BCUT2D eigenvalue weighted by molar-refractivity contribution is 5.43. The summed E-state index contributed by atoms with van der Waals surface area (Å²) in [6, 6.07) is 22.2. The molecule has 6 unspecified atom stereocenters. The molecule has 1 aliphatic heterocycles. The van der Waals surface area contributed by atoms with Crippen LogP contribution in [0.4, 0.5) is 0 Å². The second-order valence-corrected chi connectivity index (χ2v) is 8.20. The molecule has 0 spiro atoms. The number of hydrogen-bond acceptors (Lipinski definition) is 2. The molecule has 0 saturated heterocycles. The molecule has 3 aliphatic carbocycles. The third kappa shape index (κ3) is 1.65. The lowest BCUT2D eigenvalue weighted by Crippen LogP contribution is -2.44. The van der Waals surface area contributed by atoms with Crippen LogP contribution in [0.5, 0.6) is 0 Å². The van der Waals surface area contributed by atoms with Crippen LogP contribution in [0.2, 0.25) is 0 Å². The number of benzene rings is 2. The average Bonchev–Trinajstić information content (AvgIpc) is 3.42. The smallest absolute Gasteiger partial charge is 0.137 e. The van der Waals surface area contributed by atoms with Gasteiger partial charge >= 0.3 is 0 Å². The van der Waals surface area contributed by atoms with Crippen molar-refractivity contribution in [2.24, 2.45) is 39.8 Å². The van der Waals surface area contributed by atoms with Gasteiger partial charge in [0, 0.05) is 5.92 Å². The second kappa shape index (κ2) is 4.91. The molecule has 2 heteroatoms. The maximum atomic E-state index is 5.06. The van der Waals surface area contributed by atoms with Crippen LogP contribution in [-0.4, -0.2) is 6.04 Å². The minimum absolute atomic E-state index is 0.292. The first-order valence-corrected chi connectivity index (χ1v) is 9.59. The Morgan fingerprint density at radius 3 is 2.16 bits per heavy atom. The van der Waals surface area contributed by atoms with Crippen molar-refractivity contribution in [2.75, 3.05) is 0 Å². The Hall–Kier alpha value is -2.22. The van der Waals surface area contributed by atoms with E-state index < -0.39 is 0 Å². The van der Waals surface area contributed by atoms with Crippen molar-refractivity contribution in [3.05, 3.63) is 83.9 Å². The van der Waals surface area contributed by atoms with Crippen LogP contribution in [-0.2, 0) is 5.54 Å². The summed E-state index contributed by atoms with van der Waals surface area (Å²) in [4.78, 5) is 0. The topological polar surface area (TPSA) is 24.7 Å². The first kappa shape index (κ1) is 14.0. The molecule has 4 aliphatic rings. The molecule has 124 valence electrons. The van der Waals surface area contributed by atoms with E-state index in [1.54, 1.807) is 0 Å². The van der Waals surface area contributed by atoms with Crippen LogP contribution < -0.4 is 0 Å². The predicted octanol–water partition coefficient (Wildman–Crippen LogP) is 5.22. The minimum atomic E-state index is -0.292. The normalized spacial score (nSPS) is 38.9. The molecule has 0 N–H and O–H groups in total. The number of fused-ring (bicyclic) bond motifs is 8. The number of allylic oxidation sites excluding steroid dienone is 2. The van der Waals surface area contributed by atoms with E-state index in [4.69, 9.17) is 10.2 Å². The summed E-state index contributed by atoms with van der Waals surface area (Å²) in [6.45, 7) is 0. The van der Waals surface area contributed by atoms with Gasteiger partial charge in [-0.1, -0.05) is 72.8 Å². The summed E-state index contributed by atoms with van der Waals surface area (Å²) in [5.74, 6) is 3.54. The van der Waals surface area contributed by atoms with Gasteiger partial charge in [0.2, 0.25) is 0 Å². The summed E-state index contributed by atoms with van der Waals surface area (Å²) >= 11 is 0. The largest absolute Gasteiger partial charge is 0.189 e. The van der Waals surface area contributed by atoms with E-state index in [1.807, 2.05) is 0 Å². The van der Waals surface area contributed by atoms with Crippen molar-refractivity contribution in [2.45, 2.75) is 24.4 Å². The lowest BCUT2D eigenvalue weighted by molar-refractivity contribution is 0.150. The van der Waals surface area contributed by atoms with Crippen LogP contribution in [0, 0.1) is 29.6 Å². The first-order valence-electron chi connectivity index (χ1n) is 9.59. The van der Waals surface area contributed by atoms with Crippen molar-refractivity contribution in [1.29, 1.82) is 0 Å². The van der Waals surface area contributed by atoms with E-state index in [2.05, 4.69) is 72.8 Å². The second-order valence-electron chi connectivity index (χ2n) is 8.20. The predicted molar refractivity (Wildman–Crippen MR) is 98.1 cm³/mol. The standard InChI is InChI=1S/C23H22N2/c1-3-8-15(9-4-1)23(16-10-5-2-6-11-16)21-19-14-20(22(21)24-25-23)18-13-7-12-17(18)19/h1-11,13,17-22H,12,14H2. The zero-order valence-corrected chi connectivity index (χ0v) is 14.2. The van der Waals surface area contributed by atoms with Gasteiger partial charge in [0.05, 0.1) is 6.04 Å². The quantitative estimate of drug-likeness (QED) is 0.676. The fourth-order valence-corrected chi connectivity index (χ4v) is 6.55. The highest BCUT2D eigenvalue weighted by Crippen LogP contribution is 2.67. The molecular formula is C23H22N2. The maximum absolute atomic E-state index is 5.06. The van der Waals surface area contributed by atoms with E-state index in [0.29, 0.717) is 17.9 Å². The lowest BCUT2D eigenvalue weighted by Gasteiger charge is -2.41. The monoisotopic (exact) mass is 326 g/mol. The van der Waals surface area contributed by atoms with Gasteiger partial charge in [-0.15, -0.1) is 0 Å². The number of rotatable bonds is 2. The van der Waals surface area contributed by atoms with Crippen molar-refractivity contribution in [3.8, 4) is 0 Å².